The van der Waals surface area contributed by atoms with Crippen LogP contribution in [0.1, 0.15) is 10.5 Å². The smallest absolute Gasteiger partial charge is 0.275 e. The molecule has 1 fully saturated rings. The second-order valence-corrected chi connectivity index (χ2v) is 4.71. The Morgan fingerprint density at radius 3 is 2.90 bits per heavy atom. The van der Waals surface area contributed by atoms with Crippen LogP contribution in [0, 0.1) is 17.7 Å². The van der Waals surface area contributed by atoms with E-state index in [0.717, 1.165) is 6.07 Å². The molecule has 1 aliphatic heterocycles. The molecular formula is C13H16FN3O3. The van der Waals surface area contributed by atoms with Gasteiger partial charge in [-0.05, 0) is 12.1 Å². The molecule has 0 unspecified atom stereocenters. The second kappa shape index (κ2) is 5.96. The van der Waals surface area contributed by atoms with Gasteiger partial charge in [0.1, 0.15) is 0 Å². The summed E-state index contributed by atoms with van der Waals surface area (Å²) in [4.78, 5) is 29.0. The number of rotatable bonds is 3. The molecule has 1 aromatic rings. The molecule has 0 bridgehead atoms. The van der Waals surface area contributed by atoms with Crippen LogP contribution in [0.5, 0.6) is 0 Å². The van der Waals surface area contributed by atoms with E-state index in [1.807, 2.05) is 0 Å². The van der Waals surface area contributed by atoms with E-state index in [9.17, 15) is 19.1 Å². The van der Waals surface area contributed by atoms with Gasteiger partial charge in [0.25, 0.3) is 5.91 Å². The van der Waals surface area contributed by atoms with Gasteiger partial charge in [-0.1, -0.05) is 0 Å². The largest absolute Gasteiger partial charge is 0.396 e. The zero-order valence-electron chi connectivity index (χ0n) is 11.0. The molecule has 1 saturated heterocycles. The van der Waals surface area contributed by atoms with Gasteiger partial charge in [0.05, 0.1) is 5.92 Å². The topological polar surface area (TPSA) is 82.5 Å². The normalized spacial score (nSPS) is 21.9. The van der Waals surface area contributed by atoms with Crippen molar-refractivity contribution in [2.75, 3.05) is 26.7 Å². The maximum Gasteiger partial charge on any atom is 0.275 e. The fourth-order valence-corrected chi connectivity index (χ4v) is 2.40. The zero-order chi connectivity index (χ0) is 14.7. The number of nitrogens with zero attached hydrogens (tertiary/aromatic N) is 2. The van der Waals surface area contributed by atoms with Crippen LogP contribution in [0.25, 0.3) is 0 Å². The van der Waals surface area contributed by atoms with Gasteiger partial charge in [-0.2, -0.15) is 0 Å². The van der Waals surface area contributed by atoms with E-state index in [1.165, 1.54) is 24.2 Å². The summed E-state index contributed by atoms with van der Waals surface area (Å²) in [7, 11) is 1.50. The molecule has 0 aliphatic carbocycles. The molecule has 2 amide bonds. The van der Waals surface area contributed by atoms with Crippen molar-refractivity contribution in [1.82, 2.24) is 15.2 Å². The minimum Gasteiger partial charge on any atom is -0.396 e. The van der Waals surface area contributed by atoms with Crippen LogP contribution in [0.2, 0.25) is 0 Å². The van der Waals surface area contributed by atoms with Crippen molar-refractivity contribution in [2.24, 2.45) is 11.8 Å². The van der Waals surface area contributed by atoms with E-state index in [2.05, 4.69) is 10.3 Å². The number of pyridine rings is 1. The Kier molecular flexibility index (Phi) is 4.29. The molecule has 1 aliphatic rings. The Morgan fingerprint density at radius 2 is 2.30 bits per heavy atom. The van der Waals surface area contributed by atoms with Gasteiger partial charge in [-0.25, -0.2) is 9.37 Å². The Balaban J connectivity index is 2.17. The average Bonchev–Trinajstić information content (AvgIpc) is 2.90. The van der Waals surface area contributed by atoms with E-state index >= 15 is 0 Å². The quantitative estimate of drug-likeness (QED) is 0.793. The zero-order valence-corrected chi connectivity index (χ0v) is 11.0. The lowest BCUT2D eigenvalue weighted by Gasteiger charge is -2.15. The minimum absolute atomic E-state index is 0.153. The first-order valence-electron chi connectivity index (χ1n) is 6.30. The second-order valence-electron chi connectivity index (χ2n) is 4.71. The van der Waals surface area contributed by atoms with Crippen LogP contribution < -0.4 is 5.32 Å². The molecular weight excluding hydrogens is 265 g/mol. The number of aromatic nitrogens is 1. The summed E-state index contributed by atoms with van der Waals surface area (Å²) in [6, 6.07) is 2.57. The fourth-order valence-electron chi connectivity index (χ4n) is 2.40. The van der Waals surface area contributed by atoms with Crippen molar-refractivity contribution in [3.05, 3.63) is 29.8 Å². The van der Waals surface area contributed by atoms with E-state index in [1.54, 1.807) is 0 Å². The summed E-state index contributed by atoms with van der Waals surface area (Å²) >= 11 is 0. The molecule has 7 heteroatoms. The first kappa shape index (κ1) is 14.4. The van der Waals surface area contributed by atoms with Gasteiger partial charge >= 0.3 is 0 Å². The summed E-state index contributed by atoms with van der Waals surface area (Å²) in [5.74, 6) is -2.32. The Bertz CT molecular complexity index is 523. The SMILES string of the molecule is CNC(=O)[C@@H]1CN(C(=O)c2ncccc2F)C[C@H]1CO. The molecule has 2 heterocycles. The number of carbonyl (C=O) groups excluding carboxylic acids is 2. The predicted molar refractivity (Wildman–Crippen MR) is 68.2 cm³/mol. The van der Waals surface area contributed by atoms with Gasteiger partial charge in [0.15, 0.2) is 11.5 Å². The summed E-state index contributed by atoms with van der Waals surface area (Å²) in [5, 5.41) is 11.8. The molecule has 6 nitrogen and oxygen atoms in total. The van der Waals surface area contributed by atoms with E-state index in [0.29, 0.717) is 0 Å². The number of aliphatic hydroxyl groups is 1. The Hall–Kier alpha value is -2.02. The first-order valence-corrected chi connectivity index (χ1v) is 6.30. The van der Waals surface area contributed by atoms with Crippen LogP contribution in [-0.2, 0) is 4.79 Å². The molecule has 108 valence electrons. The average molecular weight is 281 g/mol. The first-order chi connectivity index (χ1) is 9.58. The van der Waals surface area contributed by atoms with Gasteiger partial charge in [-0.3, -0.25) is 9.59 Å². The van der Waals surface area contributed by atoms with Crippen molar-refractivity contribution in [2.45, 2.75) is 0 Å². The van der Waals surface area contributed by atoms with Gasteiger partial charge < -0.3 is 15.3 Å². The number of aliphatic hydroxyl groups excluding tert-OH is 1. The molecule has 1 aromatic heterocycles. The maximum atomic E-state index is 13.6. The molecule has 0 radical (unpaired) electrons. The van der Waals surface area contributed by atoms with Crippen LogP contribution in [0.3, 0.4) is 0 Å². The standard InChI is InChI=1S/C13H16FN3O3/c1-15-12(19)9-6-17(5-8(9)7-18)13(20)11-10(14)3-2-4-16-11/h2-4,8-9,18H,5-7H2,1H3,(H,15,19)/t8-,9+/m0/s1. The highest BCUT2D eigenvalue weighted by atomic mass is 19.1. The number of amides is 2. The fraction of sp³-hybridized carbons (Fsp3) is 0.462. The lowest BCUT2D eigenvalue weighted by molar-refractivity contribution is -0.125. The van der Waals surface area contributed by atoms with Gasteiger partial charge in [0, 0.05) is 38.9 Å². The number of hydrogen-bond donors (Lipinski definition) is 2. The van der Waals surface area contributed by atoms with Crippen molar-refractivity contribution < 1.29 is 19.1 Å². The number of hydrogen-bond acceptors (Lipinski definition) is 4. The van der Waals surface area contributed by atoms with Crippen LogP contribution >= 0.6 is 0 Å². The highest BCUT2D eigenvalue weighted by molar-refractivity contribution is 5.93. The molecule has 0 spiro atoms. The molecule has 0 aromatic carbocycles. The molecule has 0 saturated carbocycles. The summed E-state index contributed by atoms with van der Waals surface area (Å²) in [5.41, 5.74) is -0.262. The van der Waals surface area contributed by atoms with Crippen LogP contribution in [0.4, 0.5) is 4.39 Å². The van der Waals surface area contributed by atoms with Crippen LogP contribution in [0.15, 0.2) is 18.3 Å². The number of nitrogens with one attached hydrogen (secondary N) is 1. The predicted octanol–water partition coefficient (Wildman–Crippen LogP) is -0.353. The lowest BCUT2D eigenvalue weighted by atomic mass is 9.96. The Morgan fingerprint density at radius 1 is 1.55 bits per heavy atom. The van der Waals surface area contributed by atoms with Crippen molar-refractivity contribution in [3.8, 4) is 0 Å². The van der Waals surface area contributed by atoms with Gasteiger partial charge in [-0.15, -0.1) is 0 Å². The monoisotopic (exact) mass is 281 g/mol. The number of carbonyl (C=O) groups is 2. The lowest BCUT2D eigenvalue weighted by Crippen LogP contribution is -2.34. The van der Waals surface area contributed by atoms with E-state index in [-0.39, 0.29) is 37.2 Å². The highest BCUT2D eigenvalue weighted by Gasteiger charge is 2.39. The van der Waals surface area contributed by atoms with E-state index < -0.39 is 17.6 Å². The van der Waals surface area contributed by atoms with E-state index in [4.69, 9.17) is 0 Å². The molecule has 20 heavy (non-hydrogen) atoms. The Labute approximate surface area is 115 Å². The molecule has 2 rings (SSSR count). The van der Waals surface area contributed by atoms with Crippen molar-refractivity contribution in [3.63, 3.8) is 0 Å². The summed E-state index contributed by atoms with van der Waals surface area (Å²) < 4.78 is 13.6. The third kappa shape index (κ3) is 2.62. The molecule has 2 N–H and O–H groups in total. The van der Waals surface area contributed by atoms with Crippen molar-refractivity contribution >= 4 is 11.8 Å². The highest BCUT2D eigenvalue weighted by Crippen LogP contribution is 2.25. The summed E-state index contributed by atoms with van der Waals surface area (Å²) in [6.45, 7) is 0.162. The summed E-state index contributed by atoms with van der Waals surface area (Å²) in [6.07, 6.45) is 1.34. The maximum absolute atomic E-state index is 13.6. The minimum atomic E-state index is -0.693. The molecule has 2 atom stereocenters. The third-order valence-electron chi connectivity index (χ3n) is 3.51. The van der Waals surface area contributed by atoms with Crippen LogP contribution in [-0.4, -0.2) is 53.5 Å². The number of likely N-dealkylation sites (tertiary alicyclic amines) is 1. The number of halogens is 1. The third-order valence-corrected chi connectivity index (χ3v) is 3.51. The van der Waals surface area contributed by atoms with Gasteiger partial charge in [0.2, 0.25) is 5.91 Å². The van der Waals surface area contributed by atoms with Crippen molar-refractivity contribution in [1.29, 1.82) is 0 Å².